The Labute approximate surface area is 183 Å². The molecule has 0 bridgehead atoms. The molecule has 1 aliphatic rings. The van der Waals surface area contributed by atoms with E-state index in [1.807, 2.05) is 18.4 Å². The molecule has 1 aliphatic heterocycles. The third-order valence-electron chi connectivity index (χ3n) is 5.14. The maximum atomic E-state index is 12.7. The fourth-order valence-corrected chi connectivity index (χ4v) is 5.12. The number of hydrogen-bond donors (Lipinski definition) is 2. The van der Waals surface area contributed by atoms with E-state index in [2.05, 4.69) is 27.1 Å². The van der Waals surface area contributed by atoms with Gasteiger partial charge in [-0.15, -0.1) is 11.8 Å². The first-order valence-electron chi connectivity index (χ1n) is 10.1. The van der Waals surface area contributed by atoms with Gasteiger partial charge in [-0.2, -0.15) is 0 Å². The van der Waals surface area contributed by atoms with Crippen LogP contribution in [0.25, 0.3) is 0 Å². The number of hydrogen-bond acceptors (Lipinski definition) is 5. The van der Waals surface area contributed by atoms with E-state index in [4.69, 9.17) is 0 Å². The number of piperidine rings is 1. The molecular weight excluding hydrogens is 418 g/mol. The van der Waals surface area contributed by atoms with Crippen molar-refractivity contribution in [1.82, 2.24) is 9.62 Å². The second-order valence-electron chi connectivity index (χ2n) is 7.52. The van der Waals surface area contributed by atoms with Crippen molar-refractivity contribution in [2.45, 2.75) is 49.1 Å². The summed E-state index contributed by atoms with van der Waals surface area (Å²) in [4.78, 5) is 14.8. The van der Waals surface area contributed by atoms with Gasteiger partial charge in [0.05, 0.1) is 10.6 Å². The number of carbonyl (C=O) groups is 1. The summed E-state index contributed by atoms with van der Waals surface area (Å²) >= 11 is 1.45. The molecule has 2 aromatic carbocycles. The quantitative estimate of drug-likeness (QED) is 0.602. The zero-order valence-corrected chi connectivity index (χ0v) is 19.1. The molecule has 1 heterocycles. The lowest BCUT2D eigenvalue weighted by Gasteiger charge is -2.26. The Bertz CT molecular complexity index is 970. The molecule has 30 heavy (non-hydrogen) atoms. The molecule has 1 amide bonds. The molecule has 6 nitrogen and oxygen atoms in total. The van der Waals surface area contributed by atoms with E-state index in [0.29, 0.717) is 5.69 Å². The summed E-state index contributed by atoms with van der Waals surface area (Å²) in [7, 11) is -3.69. The second-order valence-corrected chi connectivity index (χ2v) is 10.1. The molecule has 0 saturated carbocycles. The molecule has 0 aromatic heterocycles. The number of nitrogens with one attached hydrogen (secondary N) is 2. The van der Waals surface area contributed by atoms with Crippen molar-refractivity contribution in [2.24, 2.45) is 0 Å². The van der Waals surface area contributed by atoms with Gasteiger partial charge >= 0.3 is 0 Å². The van der Waals surface area contributed by atoms with Gasteiger partial charge < -0.3 is 5.32 Å². The predicted molar refractivity (Wildman–Crippen MR) is 122 cm³/mol. The van der Waals surface area contributed by atoms with E-state index in [-0.39, 0.29) is 17.3 Å². The van der Waals surface area contributed by atoms with Gasteiger partial charge in [-0.1, -0.05) is 30.7 Å². The maximum Gasteiger partial charge on any atom is 0.240 e. The summed E-state index contributed by atoms with van der Waals surface area (Å²) in [6.07, 6.45) is 5.73. The Morgan fingerprint density at radius 2 is 1.70 bits per heavy atom. The van der Waals surface area contributed by atoms with Crippen molar-refractivity contribution < 1.29 is 13.2 Å². The van der Waals surface area contributed by atoms with Crippen LogP contribution < -0.4 is 10.0 Å². The minimum Gasteiger partial charge on any atom is -0.325 e. The van der Waals surface area contributed by atoms with Gasteiger partial charge in [-0.25, -0.2) is 13.1 Å². The van der Waals surface area contributed by atoms with Crippen LogP contribution in [0, 0.1) is 0 Å². The molecular formula is C22H29N3O3S2. The van der Waals surface area contributed by atoms with Crippen LogP contribution in [-0.2, 0) is 27.9 Å². The summed E-state index contributed by atoms with van der Waals surface area (Å²) in [6.45, 7) is 4.86. The summed E-state index contributed by atoms with van der Waals surface area (Å²) in [5, 5.41) is 2.69. The molecule has 2 N–H and O–H groups in total. The predicted octanol–water partition coefficient (Wildman–Crippen LogP) is 3.83. The zero-order chi connectivity index (χ0) is 21.6. The number of rotatable bonds is 8. The van der Waals surface area contributed by atoms with E-state index in [9.17, 15) is 13.2 Å². The van der Waals surface area contributed by atoms with E-state index >= 15 is 0 Å². The molecule has 0 aliphatic carbocycles. The summed E-state index contributed by atoms with van der Waals surface area (Å²) in [6, 6.07) is 12.8. The highest BCUT2D eigenvalue weighted by Crippen LogP contribution is 2.28. The number of benzene rings is 2. The third-order valence-corrected chi connectivity index (χ3v) is 7.33. The van der Waals surface area contributed by atoms with Crippen molar-refractivity contribution in [2.75, 3.05) is 24.7 Å². The summed E-state index contributed by atoms with van der Waals surface area (Å²) in [5.41, 5.74) is 2.65. The Hall–Kier alpha value is -1.87. The standard InChI is InChI=1S/C22H29N3O3S2/c1-17(26)24-21-14-20(10-11-22(21)29-2)30(27,28)23-15-18-6-8-19(9-7-18)16-25-12-4-3-5-13-25/h6-11,14,23H,3-5,12-13,15-16H2,1-2H3,(H,24,26). The number of sulfonamides is 1. The molecule has 1 saturated heterocycles. The first kappa shape index (κ1) is 22.8. The van der Waals surface area contributed by atoms with Crippen LogP contribution in [0.15, 0.2) is 52.3 Å². The SMILES string of the molecule is CSc1ccc(S(=O)(=O)NCc2ccc(CN3CCCCC3)cc2)cc1NC(C)=O. The van der Waals surface area contributed by atoms with Crippen molar-refractivity contribution in [1.29, 1.82) is 0 Å². The van der Waals surface area contributed by atoms with Gasteiger partial charge in [0.25, 0.3) is 0 Å². The van der Waals surface area contributed by atoms with Gasteiger partial charge in [0.2, 0.25) is 15.9 Å². The lowest BCUT2D eigenvalue weighted by molar-refractivity contribution is -0.114. The van der Waals surface area contributed by atoms with Crippen LogP contribution in [-0.4, -0.2) is 38.6 Å². The monoisotopic (exact) mass is 447 g/mol. The summed E-state index contributed by atoms with van der Waals surface area (Å²) in [5.74, 6) is -0.238. The van der Waals surface area contributed by atoms with E-state index < -0.39 is 10.0 Å². The Balaban J connectivity index is 1.63. The minimum absolute atomic E-state index is 0.130. The first-order chi connectivity index (χ1) is 14.4. The molecule has 0 atom stereocenters. The Morgan fingerprint density at radius 3 is 2.33 bits per heavy atom. The van der Waals surface area contributed by atoms with Gasteiger partial charge in [0.1, 0.15) is 0 Å². The molecule has 0 unspecified atom stereocenters. The number of likely N-dealkylation sites (tertiary alicyclic amines) is 1. The van der Waals surface area contributed by atoms with Gasteiger partial charge in [-0.05, 0) is 61.5 Å². The largest absolute Gasteiger partial charge is 0.325 e. The number of carbonyl (C=O) groups excluding carboxylic acids is 1. The normalized spacial score (nSPS) is 15.1. The fraction of sp³-hybridized carbons (Fsp3) is 0.409. The summed E-state index contributed by atoms with van der Waals surface area (Å²) < 4.78 is 28.1. The Kier molecular flexibility index (Phi) is 7.93. The molecule has 1 fully saturated rings. The van der Waals surface area contributed by atoms with Gasteiger partial charge in [0, 0.05) is 24.9 Å². The van der Waals surface area contributed by atoms with Crippen molar-refractivity contribution in [3.05, 3.63) is 53.6 Å². The number of anilines is 1. The first-order valence-corrected chi connectivity index (χ1v) is 12.8. The van der Waals surface area contributed by atoms with Crippen molar-refractivity contribution in [3.8, 4) is 0 Å². The molecule has 0 radical (unpaired) electrons. The van der Waals surface area contributed by atoms with E-state index in [1.165, 1.54) is 49.6 Å². The number of amides is 1. The molecule has 8 heteroatoms. The highest BCUT2D eigenvalue weighted by atomic mass is 32.2. The van der Waals surface area contributed by atoms with Crippen molar-refractivity contribution in [3.63, 3.8) is 0 Å². The maximum absolute atomic E-state index is 12.7. The second kappa shape index (κ2) is 10.4. The smallest absolute Gasteiger partial charge is 0.240 e. The van der Waals surface area contributed by atoms with Crippen LogP contribution in [0.4, 0.5) is 5.69 Å². The average Bonchev–Trinajstić information content (AvgIpc) is 2.73. The van der Waals surface area contributed by atoms with Gasteiger partial charge in [0.15, 0.2) is 0 Å². The van der Waals surface area contributed by atoms with Gasteiger partial charge in [-0.3, -0.25) is 9.69 Å². The molecule has 2 aromatic rings. The topological polar surface area (TPSA) is 78.5 Å². The lowest BCUT2D eigenvalue weighted by Crippen LogP contribution is -2.29. The Morgan fingerprint density at radius 1 is 1.03 bits per heavy atom. The minimum atomic E-state index is -3.69. The molecule has 3 rings (SSSR count). The third kappa shape index (κ3) is 6.31. The van der Waals surface area contributed by atoms with E-state index in [0.717, 1.165) is 30.1 Å². The molecule has 0 spiro atoms. The van der Waals surface area contributed by atoms with Crippen LogP contribution in [0.3, 0.4) is 0 Å². The highest BCUT2D eigenvalue weighted by Gasteiger charge is 2.17. The van der Waals surface area contributed by atoms with Crippen LogP contribution in [0.1, 0.15) is 37.3 Å². The van der Waals surface area contributed by atoms with Crippen molar-refractivity contribution >= 4 is 33.4 Å². The zero-order valence-electron chi connectivity index (χ0n) is 17.5. The number of thioether (sulfide) groups is 1. The van der Waals surface area contributed by atoms with Crippen LogP contribution >= 0.6 is 11.8 Å². The van der Waals surface area contributed by atoms with E-state index in [1.54, 1.807) is 12.1 Å². The van der Waals surface area contributed by atoms with Crippen LogP contribution in [0.2, 0.25) is 0 Å². The highest BCUT2D eigenvalue weighted by molar-refractivity contribution is 7.98. The fourth-order valence-electron chi connectivity index (χ4n) is 3.54. The lowest BCUT2D eigenvalue weighted by atomic mass is 10.1. The number of nitrogens with zero attached hydrogens (tertiary/aromatic N) is 1. The van der Waals surface area contributed by atoms with Crippen LogP contribution in [0.5, 0.6) is 0 Å². The average molecular weight is 448 g/mol. The molecule has 162 valence electrons.